The number of carbonyl (C=O) groups is 2. The SMILES string of the molecule is Nc1ccc(C(=O)Nc2ccc(/C=C/C(=O)O)cc2)cc1. The maximum atomic E-state index is 12.0. The van der Waals surface area contributed by atoms with E-state index in [9.17, 15) is 9.59 Å². The van der Waals surface area contributed by atoms with E-state index in [2.05, 4.69) is 5.32 Å². The van der Waals surface area contributed by atoms with Gasteiger partial charge >= 0.3 is 5.97 Å². The molecule has 2 aromatic rings. The van der Waals surface area contributed by atoms with Crippen molar-refractivity contribution in [1.82, 2.24) is 0 Å². The fraction of sp³-hybridized carbons (Fsp3) is 0. The zero-order valence-electron chi connectivity index (χ0n) is 11.1. The first kappa shape index (κ1) is 14.3. The first-order valence-electron chi connectivity index (χ1n) is 6.22. The number of carbonyl (C=O) groups excluding carboxylic acids is 1. The molecule has 2 aromatic carbocycles. The lowest BCUT2D eigenvalue weighted by atomic mass is 10.1. The Bertz CT molecular complexity index is 674. The third kappa shape index (κ3) is 4.21. The molecule has 0 unspecified atom stereocenters. The van der Waals surface area contributed by atoms with Crippen molar-refractivity contribution < 1.29 is 14.7 Å². The number of benzene rings is 2. The maximum absolute atomic E-state index is 12.0. The van der Waals surface area contributed by atoms with Crippen molar-refractivity contribution in [3.05, 3.63) is 65.7 Å². The molecule has 0 spiro atoms. The third-order valence-corrected chi connectivity index (χ3v) is 2.76. The van der Waals surface area contributed by atoms with Crippen molar-refractivity contribution in [2.45, 2.75) is 0 Å². The van der Waals surface area contributed by atoms with Crippen molar-refractivity contribution in [3.8, 4) is 0 Å². The predicted octanol–water partition coefficient (Wildman–Crippen LogP) is 2.62. The van der Waals surface area contributed by atoms with E-state index in [1.165, 1.54) is 6.08 Å². The number of carboxylic acid groups (broad SMARTS) is 1. The summed E-state index contributed by atoms with van der Waals surface area (Å²) in [4.78, 5) is 22.4. The molecular formula is C16H14N2O3. The van der Waals surface area contributed by atoms with E-state index in [0.717, 1.165) is 11.6 Å². The molecular weight excluding hydrogens is 268 g/mol. The number of nitrogens with two attached hydrogens (primary N) is 1. The first-order valence-corrected chi connectivity index (χ1v) is 6.22. The highest BCUT2D eigenvalue weighted by Gasteiger charge is 2.05. The molecule has 0 heterocycles. The molecule has 106 valence electrons. The van der Waals surface area contributed by atoms with Gasteiger partial charge in [0.15, 0.2) is 0 Å². The summed E-state index contributed by atoms with van der Waals surface area (Å²) in [5.74, 6) is -1.24. The van der Waals surface area contributed by atoms with Crippen LogP contribution in [0, 0.1) is 0 Å². The molecule has 1 amide bonds. The molecule has 21 heavy (non-hydrogen) atoms. The van der Waals surface area contributed by atoms with Gasteiger partial charge < -0.3 is 16.2 Å². The minimum atomic E-state index is -1.00. The number of rotatable bonds is 4. The second kappa shape index (κ2) is 6.38. The van der Waals surface area contributed by atoms with Gasteiger partial charge in [-0.1, -0.05) is 12.1 Å². The lowest BCUT2D eigenvalue weighted by molar-refractivity contribution is -0.131. The summed E-state index contributed by atoms with van der Waals surface area (Å²) in [5, 5.41) is 11.3. The largest absolute Gasteiger partial charge is 0.478 e. The van der Waals surface area contributed by atoms with E-state index in [1.54, 1.807) is 48.5 Å². The molecule has 0 radical (unpaired) electrons. The summed E-state index contributed by atoms with van der Waals surface area (Å²) in [5.41, 5.74) is 8.04. The van der Waals surface area contributed by atoms with Crippen LogP contribution in [0.1, 0.15) is 15.9 Å². The highest BCUT2D eigenvalue weighted by atomic mass is 16.4. The Morgan fingerprint density at radius 1 is 1.00 bits per heavy atom. The van der Waals surface area contributed by atoms with Crippen LogP contribution in [0.5, 0.6) is 0 Å². The second-order valence-corrected chi connectivity index (χ2v) is 4.37. The van der Waals surface area contributed by atoms with Gasteiger partial charge in [-0.3, -0.25) is 4.79 Å². The number of carboxylic acids is 1. The van der Waals surface area contributed by atoms with Crippen LogP contribution in [0.25, 0.3) is 6.08 Å². The topological polar surface area (TPSA) is 92.4 Å². The molecule has 0 atom stereocenters. The summed E-state index contributed by atoms with van der Waals surface area (Å²) >= 11 is 0. The summed E-state index contributed by atoms with van der Waals surface area (Å²) in [6.45, 7) is 0. The Balaban J connectivity index is 2.04. The number of nitrogen functional groups attached to an aromatic ring is 1. The fourth-order valence-corrected chi connectivity index (χ4v) is 1.68. The van der Waals surface area contributed by atoms with E-state index in [-0.39, 0.29) is 5.91 Å². The van der Waals surface area contributed by atoms with Crippen LogP contribution >= 0.6 is 0 Å². The molecule has 0 saturated carbocycles. The number of hydrogen-bond acceptors (Lipinski definition) is 3. The number of anilines is 2. The van der Waals surface area contributed by atoms with Crippen molar-refractivity contribution in [3.63, 3.8) is 0 Å². The first-order chi connectivity index (χ1) is 10.0. The van der Waals surface area contributed by atoms with E-state index in [4.69, 9.17) is 10.8 Å². The Labute approximate surface area is 121 Å². The Morgan fingerprint density at radius 3 is 2.19 bits per heavy atom. The van der Waals surface area contributed by atoms with Gasteiger partial charge in [0.05, 0.1) is 0 Å². The van der Waals surface area contributed by atoms with E-state index < -0.39 is 5.97 Å². The molecule has 0 aliphatic heterocycles. The predicted molar refractivity (Wildman–Crippen MR) is 81.9 cm³/mol. The quantitative estimate of drug-likeness (QED) is 0.593. The number of aliphatic carboxylic acids is 1. The average Bonchev–Trinajstić information content (AvgIpc) is 2.47. The Hall–Kier alpha value is -3.08. The average molecular weight is 282 g/mol. The molecule has 5 heteroatoms. The molecule has 4 N–H and O–H groups in total. The molecule has 0 bridgehead atoms. The maximum Gasteiger partial charge on any atom is 0.328 e. The van der Waals surface area contributed by atoms with Gasteiger partial charge in [0.2, 0.25) is 0 Å². The standard InChI is InChI=1S/C16H14N2O3/c17-13-6-4-12(5-7-13)16(21)18-14-8-1-11(2-9-14)3-10-15(19)20/h1-10H,17H2,(H,18,21)(H,19,20)/b10-3+. The monoisotopic (exact) mass is 282 g/mol. The molecule has 0 aliphatic rings. The number of hydrogen-bond donors (Lipinski definition) is 3. The Kier molecular flexibility index (Phi) is 4.36. The zero-order valence-corrected chi connectivity index (χ0v) is 11.1. The van der Waals surface area contributed by atoms with E-state index in [0.29, 0.717) is 16.9 Å². The van der Waals surface area contributed by atoms with Crippen molar-refractivity contribution in [1.29, 1.82) is 0 Å². The molecule has 2 rings (SSSR count). The van der Waals surface area contributed by atoms with Gasteiger partial charge in [0, 0.05) is 23.0 Å². The smallest absolute Gasteiger partial charge is 0.328 e. The lowest BCUT2D eigenvalue weighted by Crippen LogP contribution is -2.11. The van der Waals surface area contributed by atoms with Crippen molar-refractivity contribution in [2.24, 2.45) is 0 Å². The lowest BCUT2D eigenvalue weighted by Gasteiger charge is -2.06. The number of nitrogens with one attached hydrogen (secondary N) is 1. The van der Waals surface area contributed by atoms with Crippen LogP contribution < -0.4 is 11.1 Å². The molecule has 0 fully saturated rings. The van der Waals surface area contributed by atoms with Gasteiger partial charge in [0.1, 0.15) is 0 Å². The summed E-state index contributed by atoms with van der Waals surface area (Å²) in [7, 11) is 0. The minimum Gasteiger partial charge on any atom is -0.478 e. The zero-order chi connectivity index (χ0) is 15.2. The highest BCUT2D eigenvalue weighted by Crippen LogP contribution is 2.13. The van der Waals surface area contributed by atoms with Crippen LogP contribution in [-0.2, 0) is 4.79 Å². The summed E-state index contributed by atoms with van der Waals surface area (Å²) in [6.07, 6.45) is 2.54. The van der Waals surface area contributed by atoms with Gasteiger partial charge in [-0.25, -0.2) is 4.79 Å². The van der Waals surface area contributed by atoms with E-state index >= 15 is 0 Å². The van der Waals surface area contributed by atoms with Crippen LogP contribution in [0.2, 0.25) is 0 Å². The minimum absolute atomic E-state index is 0.233. The fourth-order valence-electron chi connectivity index (χ4n) is 1.68. The van der Waals surface area contributed by atoms with Crippen LogP contribution in [-0.4, -0.2) is 17.0 Å². The number of amides is 1. The van der Waals surface area contributed by atoms with Crippen molar-refractivity contribution in [2.75, 3.05) is 11.1 Å². The van der Waals surface area contributed by atoms with Gasteiger partial charge in [-0.05, 0) is 48.0 Å². The van der Waals surface area contributed by atoms with Gasteiger partial charge in [0.25, 0.3) is 5.91 Å². The highest BCUT2D eigenvalue weighted by molar-refractivity contribution is 6.04. The van der Waals surface area contributed by atoms with Crippen molar-refractivity contribution >= 4 is 29.3 Å². The summed E-state index contributed by atoms with van der Waals surface area (Å²) < 4.78 is 0. The molecule has 0 saturated heterocycles. The van der Waals surface area contributed by atoms with Crippen LogP contribution in [0.3, 0.4) is 0 Å². The van der Waals surface area contributed by atoms with Gasteiger partial charge in [-0.15, -0.1) is 0 Å². The van der Waals surface area contributed by atoms with Gasteiger partial charge in [-0.2, -0.15) is 0 Å². The third-order valence-electron chi connectivity index (χ3n) is 2.76. The van der Waals surface area contributed by atoms with E-state index in [1.807, 2.05) is 0 Å². The second-order valence-electron chi connectivity index (χ2n) is 4.37. The Morgan fingerprint density at radius 2 is 1.62 bits per heavy atom. The molecule has 5 nitrogen and oxygen atoms in total. The molecule has 0 aromatic heterocycles. The summed E-state index contributed by atoms with van der Waals surface area (Å²) in [6, 6.07) is 13.5. The van der Waals surface area contributed by atoms with Crippen LogP contribution in [0.4, 0.5) is 11.4 Å². The normalized spacial score (nSPS) is 10.5. The van der Waals surface area contributed by atoms with Crippen LogP contribution in [0.15, 0.2) is 54.6 Å². The molecule has 0 aliphatic carbocycles.